The fourth-order valence-electron chi connectivity index (χ4n) is 3.09. The Morgan fingerprint density at radius 2 is 1.81 bits per heavy atom. The minimum absolute atomic E-state index is 0.115. The zero-order valence-corrected chi connectivity index (χ0v) is 16.8. The van der Waals surface area contributed by atoms with Gasteiger partial charge < -0.3 is 11.1 Å². The SMILES string of the molecule is NC(=O)c1c(NC(=O)CCS(=O)(=O)c2ccc(Cl)cc2)sc2c1CCCC2. The molecule has 0 saturated carbocycles. The predicted octanol–water partition coefficient (Wildman–Crippen LogP) is 3.18. The molecule has 1 heterocycles. The molecule has 0 spiro atoms. The fraction of sp³-hybridized carbons (Fsp3) is 0.333. The van der Waals surface area contributed by atoms with Crippen LogP contribution in [0.15, 0.2) is 29.2 Å². The number of primary amides is 1. The number of amides is 2. The van der Waals surface area contributed by atoms with Crippen molar-refractivity contribution in [1.82, 2.24) is 0 Å². The van der Waals surface area contributed by atoms with E-state index in [0.717, 1.165) is 36.1 Å². The zero-order valence-electron chi connectivity index (χ0n) is 14.5. The first-order chi connectivity index (χ1) is 12.8. The highest BCUT2D eigenvalue weighted by Gasteiger charge is 2.25. The number of thiophene rings is 1. The third-order valence-corrected chi connectivity index (χ3v) is 7.63. The molecule has 9 heteroatoms. The van der Waals surface area contributed by atoms with Crippen LogP contribution in [0.5, 0.6) is 0 Å². The summed E-state index contributed by atoms with van der Waals surface area (Å²) < 4.78 is 24.7. The van der Waals surface area contributed by atoms with Crippen LogP contribution >= 0.6 is 22.9 Å². The highest BCUT2D eigenvalue weighted by Crippen LogP contribution is 2.37. The molecule has 0 aliphatic heterocycles. The van der Waals surface area contributed by atoms with E-state index >= 15 is 0 Å². The molecule has 3 rings (SSSR count). The maximum absolute atomic E-state index is 12.3. The van der Waals surface area contributed by atoms with Gasteiger partial charge in [-0.1, -0.05) is 11.6 Å². The molecule has 144 valence electrons. The second-order valence-electron chi connectivity index (χ2n) is 6.35. The van der Waals surface area contributed by atoms with E-state index in [9.17, 15) is 18.0 Å². The van der Waals surface area contributed by atoms with E-state index in [4.69, 9.17) is 17.3 Å². The number of fused-ring (bicyclic) bond motifs is 1. The molecule has 1 aromatic heterocycles. The fourth-order valence-corrected chi connectivity index (χ4v) is 5.77. The van der Waals surface area contributed by atoms with Gasteiger partial charge in [-0.2, -0.15) is 0 Å². The van der Waals surface area contributed by atoms with Crippen molar-refractivity contribution in [1.29, 1.82) is 0 Å². The Kier molecular flexibility index (Phi) is 5.88. The molecule has 2 amide bonds. The molecule has 1 aromatic carbocycles. The molecular weight excluding hydrogens is 408 g/mol. The van der Waals surface area contributed by atoms with Gasteiger partial charge in [0.1, 0.15) is 5.00 Å². The largest absolute Gasteiger partial charge is 0.365 e. The lowest BCUT2D eigenvalue weighted by atomic mass is 9.95. The summed E-state index contributed by atoms with van der Waals surface area (Å²) in [5, 5.41) is 3.53. The summed E-state index contributed by atoms with van der Waals surface area (Å²) in [6.07, 6.45) is 3.44. The number of nitrogens with one attached hydrogen (secondary N) is 1. The van der Waals surface area contributed by atoms with Gasteiger partial charge in [0.25, 0.3) is 5.91 Å². The van der Waals surface area contributed by atoms with E-state index in [0.29, 0.717) is 15.6 Å². The second kappa shape index (κ2) is 8.00. The lowest BCUT2D eigenvalue weighted by molar-refractivity contribution is -0.115. The Balaban J connectivity index is 1.70. The van der Waals surface area contributed by atoms with Gasteiger partial charge in [-0.05, 0) is 55.5 Å². The number of aryl methyl sites for hydroxylation is 1. The van der Waals surface area contributed by atoms with Crippen LogP contribution in [0.1, 0.15) is 40.1 Å². The smallest absolute Gasteiger partial charge is 0.251 e. The Morgan fingerprint density at radius 1 is 1.15 bits per heavy atom. The standard InChI is InChI=1S/C18H19ClN2O4S2/c19-11-5-7-12(8-6-11)27(24,25)10-9-15(22)21-18-16(17(20)23)13-3-1-2-4-14(13)26-18/h5-8H,1-4,9-10H2,(H2,20,23)(H,21,22). The van der Waals surface area contributed by atoms with Crippen molar-refractivity contribution in [3.05, 3.63) is 45.3 Å². The first-order valence-electron chi connectivity index (χ1n) is 8.50. The van der Waals surface area contributed by atoms with Gasteiger partial charge in [-0.25, -0.2) is 8.42 Å². The van der Waals surface area contributed by atoms with E-state index in [2.05, 4.69) is 5.32 Å². The molecule has 1 aliphatic rings. The molecule has 1 aliphatic carbocycles. The van der Waals surface area contributed by atoms with E-state index in [1.54, 1.807) is 0 Å². The van der Waals surface area contributed by atoms with E-state index < -0.39 is 21.7 Å². The summed E-state index contributed by atoms with van der Waals surface area (Å²) in [6.45, 7) is 0. The first kappa shape index (κ1) is 19.9. The quantitative estimate of drug-likeness (QED) is 0.739. The van der Waals surface area contributed by atoms with Gasteiger partial charge >= 0.3 is 0 Å². The molecule has 27 heavy (non-hydrogen) atoms. The number of benzene rings is 1. The van der Waals surface area contributed by atoms with Crippen molar-refractivity contribution in [2.45, 2.75) is 37.0 Å². The van der Waals surface area contributed by atoms with Crippen molar-refractivity contribution in [2.24, 2.45) is 5.73 Å². The van der Waals surface area contributed by atoms with Gasteiger partial charge in [0.05, 0.1) is 16.2 Å². The number of rotatable bonds is 6. The monoisotopic (exact) mass is 426 g/mol. The zero-order chi connectivity index (χ0) is 19.6. The minimum Gasteiger partial charge on any atom is -0.365 e. The molecule has 0 fully saturated rings. The topological polar surface area (TPSA) is 106 Å². The molecular formula is C18H19ClN2O4S2. The highest BCUT2D eigenvalue weighted by molar-refractivity contribution is 7.91. The molecule has 2 aromatic rings. The molecule has 0 radical (unpaired) electrons. The lowest BCUT2D eigenvalue weighted by Crippen LogP contribution is -2.20. The molecule has 0 unspecified atom stereocenters. The van der Waals surface area contributed by atoms with Crippen molar-refractivity contribution < 1.29 is 18.0 Å². The van der Waals surface area contributed by atoms with Crippen LogP contribution in [0.3, 0.4) is 0 Å². The summed E-state index contributed by atoms with van der Waals surface area (Å²) >= 11 is 7.12. The van der Waals surface area contributed by atoms with Gasteiger partial charge in [-0.3, -0.25) is 9.59 Å². The molecule has 3 N–H and O–H groups in total. The number of sulfone groups is 1. The average molecular weight is 427 g/mol. The highest BCUT2D eigenvalue weighted by atomic mass is 35.5. The number of halogens is 1. The number of anilines is 1. The summed E-state index contributed by atoms with van der Waals surface area (Å²) in [7, 11) is -3.60. The summed E-state index contributed by atoms with van der Waals surface area (Å²) in [4.78, 5) is 25.3. The molecule has 6 nitrogen and oxygen atoms in total. The number of nitrogens with two attached hydrogens (primary N) is 1. The molecule has 0 saturated heterocycles. The molecule has 0 bridgehead atoms. The predicted molar refractivity (Wildman–Crippen MR) is 106 cm³/mol. The lowest BCUT2D eigenvalue weighted by Gasteiger charge is -2.11. The first-order valence-corrected chi connectivity index (χ1v) is 11.3. The third-order valence-electron chi connectivity index (χ3n) is 4.44. The van der Waals surface area contributed by atoms with Crippen LogP contribution in [0.4, 0.5) is 5.00 Å². The van der Waals surface area contributed by atoms with Crippen LogP contribution in [-0.4, -0.2) is 26.0 Å². The van der Waals surface area contributed by atoms with Gasteiger partial charge in [0.15, 0.2) is 9.84 Å². The van der Waals surface area contributed by atoms with E-state index in [1.165, 1.54) is 35.6 Å². The summed E-state index contributed by atoms with van der Waals surface area (Å²) in [5.41, 5.74) is 6.78. The summed E-state index contributed by atoms with van der Waals surface area (Å²) in [5.74, 6) is -1.37. The number of carbonyl (C=O) groups excluding carboxylic acids is 2. The van der Waals surface area contributed by atoms with Crippen LogP contribution in [0.25, 0.3) is 0 Å². The van der Waals surface area contributed by atoms with Crippen LogP contribution in [-0.2, 0) is 27.5 Å². The second-order valence-corrected chi connectivity index (χ2v) is 10.0. The Bertz CT molecular complexity index is 982. The van der Waals surface area contributed by atoms with Crippen LogP contribution in [0, 0.1) is 0 Å². The van der Waals surface area contributed by atoms with Crippen molar-refractivity contribution in [3.63, 3.8) is 0 Å². The third kappa shape index (κ3) is 4.51. The Hall–Kier alpha value is -1.90. The number of hydrogen-bond acceptors (Lipinski definition) is 5. The van der Waals surface area contributed by atoms with Gasteiger partial charge in [0, 0.05) is 16.3 Å². The van der Waals surface area contributed by atoms with Crippen LogP contribution < -0.4 is 11.1 Å². The van der Waals surface area contributed by atoms with Gasteiger partial charge in [-0.15, -0.1) is 11.3 Å². The van der Waals surface area contributed by atoms with E-state index in [-0.39, 0.29) is 17.1 Å². The number of hydrogen-bond donors (Lipinski definition) is 2. The Morgan fingerprint density at radius 3 is 2.48 bits per heavy atom. The molecule has 0 atom stereocenters. The summed E-state index contributed by atoms with van der Waals surface area (Å²) in [6, 6.07) is 5.80. The van der Waals surface area contributed by atoms with E-state index in [1.807, 2.05) is 0 Å². The van der Waals surface area contributed by atoms with Gasteiger partial charge in [0.2, 0.25) is 5.91 Å². The number of carbonyl (C=O) groups is 2. The Labute approximate surface area is 166 Å². The van der Waals surface area contributed by atoms with Crippen molar-refractivity contribution >= 4 is 49.6 Å². The minimum atomic E-state index is -3.60. The normalized spacial score (nSPS) is 13.8. The van der Waals surface area contributed by atoms with Crippen molar-refractivity contribution in [3.8, 4) is 0 Å². The maximum Gasteiger partial charge on any atom is 0.251 e. The van der Waals surface area contributed by atoms with Crippen molar-refractivity contribution in [2.75, 3.05) is 11.1 Å². The maximum atomic E-state index is 12.3. The van der Waals surface area contributed by atoms with Crippen LogP contribution in [0.2, 0.25) is 5.02 Å². The average Bonchev–Trinajstić information content (AvgIpc) is 2.98.